The van der Waals surface area contributed by atoms with E-state index in [2.05, 4.69) is 25.4 Å². The summed E-state index contributed by atoms with van der Waals surface area (Å²) in [5, 5.41) is 9.26. The van der Waals surface area contributed by atoms with Crippen molar-refractivity contribution in [2.45, 2.75) is 50.6 Å². The molecule has 2 fully saturated rings. The molecule has 0 aromatic carbocycles. The van der Waals surface area contributed by atoms with E-state index < -0.39 is 0 Å². The molecule has 1 atom stereocenters. The van der Waals surface area contributed by atoms with Crippen molar-refractivity contribution in [2.75, 3.05) is 18.8 Å². The Bertz CT molecular complexity index is 467. The second-order valence-corrected chi connectivity index (χ2v) is 5.79. The molecular formula is C13H22N6O. The van der Waals surface area contributed by atoms with Gasteiger partial charge in [-0.2, -0.15) is 4.98 Å². The Morgan fingerprint density at radius 3 is 2.80 bits per heavy atom. The van der Waals surface area contributed by atoms with Crippen LogP contribution in [0.15, 0.2) is 0 Å². The van der Waals surface area contributed by atoms with E-state index in [1.165, 1.54) is 25.7 Å². The first-order valence-corrected chi connectivity index (χ1v) is 7.45. The average molecular weight is 278 g/mol. The topological polar surface area (TPSA) is 99.9 Å². The van der Waals surface area contributed by atoms with E-state index in [-0.39, 0.29) is 23.7 Å². The molecule has 2 aliphatic rings. The molecule has 3 rings (SSSR count). The fourth-order valence-electron chi connectivity index (χ4n) is 3.36. The number of anilines is 1. The molecule has 110 valence electrons. The predicted molar refractivity (Wildman–Crippen MR) is 75.1 cm³/mol. The quantitative estimate of drug-likeness (QED) is 0.748. The lowest BCUT2D eigenvalue weighted by molar-refractivity contribution is 0.0865. The van der Waals surface area contributed by atoms with Crippen LogP contribution in [0.25, 0.3) is 0 Å². The monoisotopic (exact) mass is 278 g/mol. The van der Waals surface area contributed by atoms with Crippen LogP contribution in [0.4, 0.5) is 5.95 Å². The maximum atomic E-state index is 12.0. The first kappa shape index (κ1) is 13.4. The summed E-state index contributed by atoms with van der Waals surface area (Å²) < 4.78 is 0. The Labute approximate surface area is 118 Å². The van der Waals surface area contributed by atoms with Gasteiger partial charge in [-0.3, -0.25) is 14.8 Å². The number of hydrogen-bond donors (Lipinski definition) is 3. The molecule has 7 heteroatoms. The molecule has 1 saturated carbocycles. The number of amides is 1. The number of nitrogens with zero attached hydrogens (tertiary/aromatic N) is 3. The van der Waals surface area contributed by atoms with E-state index in [1.807, 2.05) is 0 Å². The first-order chi connectivity index (χ1) is 9.72. The van der Waals surface area contributed by atoms with Gasteiger partial charge in [0, 0.05) is 18.6 Å². The van der Waals surface area contributed by atoms with Crippen LogP contribution in [-0.2, 0) is 0 Å². The van der Waals surface area contributed by atoms with Crippen molar-refractivity contribution in [2.24, 2.45) is 0 Å². The molecule has 2 heterocycles. The molecule has 7 nitrogen and oxygen atoms in total. The van der Waals surface area contributed by atoms with Gasteiger partial charge in [0.1, 0.15) is 0 Å². The Kier molecular flexibility index (Phi) is 3.86. The summed E-state index contributed by atoms with van der Waals surface area (Å²) in [6.45, 7) is 2.10. The van der Waals surface area contributed by atoms with Gasteiger partial charge in [-0.05, 0) is 32.2 Å². The van der Waals surface area contributed by atoms with E-state index in [4.69, 9.17) is 5.73 Å². The van der Waals surface area contributed by atoms with Crippen molar-refractivity contribution >= 4 is 11.9 Å². The third kappa shape index (κ3) is 2.92. The van der Waals surface area contributed by atoms with Crippen LogP contribution in [0.1, 0.15) is 49.1 Å². The van der Waals surface area contributed by atoms with Gasteiger partial charge in [0.05, 0.1) is 0 Å². The van der Waals surface area contributed by atoms with Crippen LogP contribution in [0.2, 0.25) is 0 Å². The molecule has 0 bridgehead atoms. The Morgan fingerprint density at radius 1 is 1.30 bits per heavy atom. The van der Waals surface area contributed by atoms with Gasteiger partial charge in [-0.25, -0.2) is 0 Å². The van der Waals surface area contributed by atoms with Gasteiger partial charge in [0.15, 0.2) is 0 Å². The molecule has 0 radical (unpaired) electrons. The van der Waals surface area contributed by atoms with E-state index in [9.17, 15) is 4.79 Å². The van der Waals surface area contributed by atoms with Crippen LogP contribution in [-0.4, -0.2) is 51.2 Å². The fourth-order valence-corrected chi connectivity index (χ4v) is 3.36. The van der Waals surface area contributed by atoms with Crippen LogP contribution >= 0.6 is 0 Å². The summed E-state index contributed by atoms with van der Waals surface area (Å²) in [4.78, 5) is 18.4. The number of rotatable bonds is 3. The van der Waals surface area contributed by atoms with Crippen LogP contribution in [0.5, 0.6) is 0 Å². The van der Waals surface area contributed by atoms with Gasteiger partial charge in [-0.15, -0.1) is 5.10 Å². The van der Waals surface area contributed by atoms with Crippen LogP contribution in [0.3, 0.4) is 0 Å². The first-order valence-electron chi connectivity index (χ1n) is 7.45. The molecular weight excluding hydrogens is 256 g/mol. The van der Waals surface area contributed by atoms with E-state index in [0.717, 1.165) is 32.0 Å². The molecule has 1 unspecified atom stereocenters. The highest BCUT2D eigenvalue weighted by Gasteiger charge is 2.29. The summed E-state index contributed by atoms with van der Waals surface area (Å²) in [7, 11) is 0. The number of aromatic amines is 1. The second kappa shape index (κ2) is 5.78. The number of nitrogens with one attached hydrogen (secondary N) is 2. The summed E-state index contributed by atoms with van der Waals surface area (Å²) in [6.07, 6.45) is 7.46. The van der Waals surface area contributed by atoms with Crippen molar-refractivity contribution in [3.05, 3.63) is 5.82 Å². The van der Waals surface area contributed by atoms with Gasteiger partial charge >= 0.3 is 0 Å². The zero-order valence-electron chi connectivity index (χ0n) is 11.6. The molecule has 1 amide bonds. The van der Waals surface area contributed by atoms with Gasteiger partial charge in [0.25, 0.3) is 5.91 Å². The third-order valence-electron chi connectivity index (χ3n) is 4.35. The lowest BCUT2D eigenvalue weighted by Crippen LogP contribution is -2.50. The van der Waals surface area contributed by atoms with Crippen molar-refractivity contribution in [1.82, 2.24) is 25.4 Å². The van der Waals surface area contributed by atoms with E-state index in [0.29, 0.717) is 0 Å². The van der Waals surface area contributed by atoms with Crippen molar-refractivity contribution in [3.63, 3.8) is 0 Å². The second-order valence-electron chi connectivity index (χ2n) is 5.79. The number of aromatic nitrogens is 3. The third-order valence-corrected chi connectivity index (χ3v) is 4.35. The maximum absolute atomic E-state index is 12.0. The normalized spacial score (nSPS) is 24.9. The summed E-state index contributed by atoms with van der Waals surface area (Å²) >= 11 is 0. The zero-order chi connectivity index (χ0) is 13.9. The van der Waals surface area contributed by atoms with E-state index in [1.54, 1.807) is 0 Å². The molecule has 0 spiro atoms. The minimum atomic E-state index is -0.215. The number of carbonyl (C=O) groups is 1. The number of nitrogen functional groups attached to an aromatic ring is 1. The Balaban J connectivity index is 1.55. The summed E-state index contributed by atoms with van der Waals surface area (Å²) in [5.41, 5.74) is 5.41. The summed E-state index contributed by atoms with van der Waals surface area (Å²) in [6, 6.07) is 0.916. The minimum Gasteiger partial charge on any atom is -0.366 e. The zero-order valence-corrected chi connectivity index (χ0v) is 11.6. The molecule has 1 aliphatic heterocycles. The SMILES string of the molecule is Nc1n[nH]c(C(=O)NC2CCCN(C3CCCC3)C2)n1. The van der Waals surface area contributed by atoms with Crippen molar-refractivity contribution in [1.29, 1.82) is 0 Å². The molecule has 1 aliphatic carbocycles. The lowest BCUT2D eigenvalue weighted by Gasteiger charge is -2.36. The maximum Gasteiger partial charge on any atom is 0.288 e. The minimum absolute atomic E-state index is 0.103. The summed E-state index contributed by atoms with van der Waals surface area (Å²) in [5.74, 6) is 0.0827. The largest absolute Gasteiger partial charge is 0.366 e. The van der Waals surface area contributed by atoms with Crippen LogP contribution in [0, 0.1) is 0 Å². The fraction of sp³-hybridized carbons (Fsp3) is 0.769. The number of H-pyrrole nitrogens is 1. The number of likely N-dealkylation sites (tertiary alicyclic amines) is 1. The molecule has 20 heavy (non-hydrogen) atoms. The Morgan fingerprint density at radius 2 is 2.10 bits per heavy atom. The van der Waals surface area contributed by atoms with Gasteiger partial charge in [0.2, 0.25) is 11.8 Å². The molecule has 4 N–H and O–H groups in total. The highest BCUT2D eigenvalue weighted by Crippen LogP contribution is 2.26. The number of piperidine rings is 1. The predicted octanol–water partition coefficient (Wildman–Crippen LogP) is 0.524. The molecule has 1 aromatic heterocycles. The van der Waals surface area contributed by atoms with E-state index >= 15 is 0 Å². The van der Waals surface area contributed by atoms with Crippen LogP contribution < -0.4 is 11.1 Å². The molecule has 1 saturated heterocycles. The Hall–Kier alpha value is -1.63. The van der Waals surface area contributed by atoms with Crippen molar-refractivity contribution in [3.8, 4) is 0 Å². The number of hydrogen-bond acceptors (Lipinski definition) is 5. The highest BCUT2D eigenvalue weighted by molar-refractivity contribution is 5.90. The van der Waals surface area contributed by atoms with Gasteiger partial charge in [-0.1, -0.05) is 12.8 Å². The highest BCUT2D eigenvalue weighted by atomic mass is 16.2. The smallest absolute Gasteiger partial charge is 0.288 e. The van der Waals surface area contributed by atoms with Crippen molar-refractivity contribution < 1.29 is 4.79 Å². The molecule has 1 aromatic rings. The number of nitrogens with two attached hydrogens (primary N) is 1. The lowest BCUT2D eigenvalue weighted by atomic mass is 10.0. The standard InChI is InChI=1S/C13H22N6O/c14-13-16-11(17-18-13)12(20)15-9-4-3-7-19(8-9)10-5-1-2-6-10/h9-10H,1-8H2,(H,15,20)(H3,14,16,17,18). The average Bonchev–Trinajstić information content (AvgIpc) is 3.10. The number of carbonyl (C=O) groups excluding carboxylic acids is 1. The van der Waals surface area contributed by atoms with Gasteiger partial charge < -0.3 is 11.1 Å².